The summed E-state index contributed by atoms with van der Waals surface area (Å²) >= 11 is 5.65. The molecule has 0 spiro atoms. The number of benzene rings is 2. The highest BCUT2D eigenvalue weighted by Gasteiger charge is 2.38. The Morgan fingerprint density at radius 1 is 0.952 bits per heavy atom. The fraction of sp³-hybridized carbons (Fsp3) is 0.536. The summed E-state index contributed by atoms with van der Waals surface area (Å²) in [7, 11) is 0. The van der Waals surface area contributed by atoms with Gasteiger partial charge in [0.2, 0.25) is 0 Å². The molecular weight excluding hydrogens is 586 g/mol. The van der Waals surface area contributed by atoms with Gasteiger partial charge in [-0.1, -0.05) is 24.4 Å². The topological polar surface area (TPSA) is 70.9 Å². The molecule has 0 aromatic heterocycles. The number of piperidine rings is 2. The van der Waals surface area contributed by atoms with Gasteiger partial charge in [0.05, 0.1) is 28.2 Å². The maximum absolute atomic E-state index is 13.3. The van der Waals surface area contributed by atoms with E-state index in [1.807, 2.05) is 0 Å². The van der Waals surface area contributed by atoms with Crippen molar-refractivity contribution in [2.24, 2.45) is 0 Å². The van der Waals surface area contributed by atoms with E-state index in [9.17, 15) is 36.5 Å². The lowest BCUT2D eigenvalue weighted by atomic mass is 10.0. The third kappa shape index (κ3) is 8.77. The second-order valence-electron chi connectivity index (χ2n) is 10.6. The molecule has 0 unspecified atom stereocenters. The first-order chi connectivity index (χ1) is 19.8. The molecule has 1 N–H and O–H groups in total. The van der Waals surface area contributed by atoms with Crippen molar-refractivity contribution in [3.05, 3.63) is 69.3 Å². The van der Waals surface area contributed by atoms with Gasteiger partial charge in [0.25, 0.3) is 5.69 Å². The predicted octanol–water partition coefficient (Wildman–Crippen LogP) is 6.91. The molecule has 2 heterocycles. The fourth-order valence-electron chi connectivity index (χ4n) is 5.24. The zero-order valence-corrected chi connectivity index (χ0v) is 23.5. The van der Waals surface area contributed by atoms with Gasteiger partial charge in [0.15, 0.2) is 0 Å². The summed E-state index contributed by atoms with van der Waals surface area (Å²) in [6, 6.07) is 7.90. The maximum atomic E-state index is 13.3. The normalized spacial score (nSPS) is 17.8. The van der Waals surface area contributed by atoms with E-state index in [1.165, 1.54) is 18.2 Å². The molecule has 2 saturated heterocycles. The second-order valence-corrected chi connectivity index (χ2v) is 11.1. The van der Waals surface area contributed by atoms with Crippen molar-refractivity contribution in [3.8, 4) is 0 Å². The van der Waals surface area contributed by atoms with Crippen molar-refractivity contribution in [1.29, 1.82) is 0 Å². The van der Waals surface area contributed by atoms with Gasteiger partial charge < -0.3 is 19.9 Å². The van der Waals surface area contributed by atoms with Gasteiger partial charge in [-0.2, -0.15) is 26.3 Å². The number of hydrogen-bond donors (Lipinski definition) is 1. The van der Waals surface area contributed by atoms with Crippen LogP contribution in [0.15, 0.2) is 42.5 Å². The Morgan fingerprint density at radius 2 is 1.60 bits per heavy atom. The van der Waals surface area contributed by atoms with Crippen molar-refractivity contribution in [2.75, 3.05) is 38.0 Å². The predicted molar refractivity (Wildman–Crippen MR) is 149 cm³/mol. The number of halogens is 6. The average Bonchev–Trinajstić information content (AvgIpc) is 2.95. The lowest BCUT2D eigenvalue weighted by Gasteiger charge is -2.36. The molecule has 2 aromatic rings. The van der Waals surface area contributed by atoms with Gasteiger partial charge in [-0.05, 0) is 55.5 Å². The van der Waals surface area contributed by atoms with E-state index in [2.05, 4.69) is 15.1 Å². The van der Waals surface area contributed by atoms with Crippen LogP contribution in [0, 0.1) is 10.1 Å². The van der Waals surface area contributed by atoms with E-state index < -0.39 is 34.1 Å². The van der Waals surface area contributed by atoms with Crippen LogP contribution in [0.4, 0.5) is 37.7 Å². The summed E-state index contributed by atoms with van der Waals surface area (Å²) in [6.45, 7) is 4.06. The number of nitrogens with one attached hydrogen (secondary N) is 1. The molecule has 230 valence electrons. The van der Waals surface area contributed by atoms with Crippen LogP contribution in [-0.4, -0.2) is 64.6 Å². The summed E-state index contributed by atoms with van der Waals surface area (Å²) in [6.07, 6.45) is -5.45. The van der Waals surface area contributed by atoms with Crippen molar-refractivity contribution in [1.82, 2.24) is 9.80 Å². The Hall–Kier alpha value is -2.97. The number of likely N-dealkylation sites (tertiary alicyclic amines) is 2. The number of thiocarbonyl (C=S) groups is 1. The van der Waals surface area contributed by atoms with Crippen molar-refractivity contribution >= 4 is 28.6 Å². The molecule has 0 bridgehead atoms. The lowest BCUT2D eigenvalue weighted by Crippen LogP contribution is -2.43. The first kappa shape index (κ1) is 32.0. The zero-order valence-electron chi connectivity index (χ0n) is 22.7. The third-order valence-electron chi connectivity index (χ3n) is 7.66. The van der Waals surface area contributed by atoms with E-state index in [1.54, 1.807) is 0 Å². The minimum Gasteiger partial charge on any atom is -0.382 e. The smallest absolute Gasteiger partial charge is 0.382 e. The highest BCUT2D eigenvalue weighted by molar-refractivity contribution is 7.80. The molecule has 0 atom stereocenters. The van der Waals surface area contributed by atoms with Crippen LogP contribution in [0.1, 0.15) is 48.8 Å². The highest BCUT2D eigenvalue weighted by Crippen LogP contribution is 2.38. The van der Waals surface area contributed by atoms with Gasteiger partial charge in [0.1, 0.15) is 5.56 Å². The van der Waals surface area contributed by atoms with E-state index in [-0.39, 0.29) is 24.4 Å². The average molecular weight is 619 g/mol. The Balaban J connectivity index is 1.14. The summed E-state index contributed by atoms with van der Waals surface area (Å²) < 4.78 is 83.9. The molecule has 2 aliphatic heterocycles. The molecule has 4 rings (SSSR count). The largest absolute Gasteiger partial charge is 0.423 e. The second kappa shape index (κ2) is 13.6. The highest BCUT2D eigenvalue weighted by atomic mass is 32.1. The molecule has 0 amide bonds. The van der Waals surface area contributed by atoms with Crippen LogP contribution >= 0.6 is 12.2 Å². The monoisotopic (exact) mass is 618 g/mol. The quantitative estimate of drug-likeness (QED) is 0.142. The van der Waals surface area contributed by atoms with Crippen molar-refractivity contribution in [2.45, 2.75) is 63.2 Å². The van der Waals surface area contributed by atoms with E-state index >= 15 is 0 Å². The van der Waals surface area contributed by atoms with Crippen molar-refractivity contribution in [3.63, 3.8) is 0 Å². The number of hydrogen-bond acceptors (Lipinski definition) is 6. The van der Waals surface area contributed by atoms with Gasteiger partial charge in [-0.25, -0.2) is 0 Å². The number of ether oxygens (including phenoxy) is 1. The molecule has 2 aromatic carbocycles. The minimum absolute atomic E-state index is 0.0463. The van der Waals surface area contributed by atoms with E-state index in [0.717, 1.165) is 61.7 Å². The summed E-state index contributed by atoms with van der Waals surface area (Å²) in [5.41, 5.74) is -2.02. The molecule has 14 heteroatoms. The Kier molecular flexibility index (Phi) is 10.3. The van der Waals surface area contributed by atoms with Crippen LogP contribution in [-0.2, 0) is 23.7 Å². The first-order valence-electron chi connectivity index (χ1n) is 13.7. The van der Waals surface area contributed by atoms with Gasteiger partial charge in [0, 0.05) is 56.9 Å². The Labute approximate surface area is 245 Å². The molecular formula is C28H32F6N4O3S. The number of anilines is 1. The molecule has 0 radical (unpaired) electrons. The third-order valence-corrected chi connectivity index (χ3v) is 8.12. The van der Waals surface area contributed by atoms with Gasteiger partial charge in [-0.3, -0.25) is 10.1 Å². The first-order valence-corrected chi connectivity index (χ1v) is 14.1. The van der Waals surface area contributed by atoms with Crippen LogP contribution in [0.5, 0.6) is 0 Å². The zero-order chi connectivity index (χ0) is 30.5. The number of nitro benzene ring substituents is 1. The van der Waals surface area contributed by atoms with Gasteiger partial charge in [-0.15, -0.1) is 0 Å². The number of rotatable bonds is 9. The molecule has 0 saturated carbocycles. The number of alkyl halides is 6. The summed E-state index contributed by atoms with van der Waals surface area (Å²) in [4.78, 5) is 15.2. The molecule has 2 fully saturated rings. The standard InChI is InChI=1S/C28H32F6N4O3S/c29-27(30,31)20-3-1-19(2-4-20)18-41-23-9-12-36(13-10-23)14-11-26(42)37-15-7-21(8-16-37)35-22-5-6-25(38(39)40)24(17-22)28(32,33)34/h1-6,17,21,23,35H,7-16,18H2. The van der Waals surface area contributed by atoms with E-state index in [0.29, 0.717) is 37.9 Å². The van der Waals surface area contributed by atoms with Crippen LogP contribution in [0.3, 0.4) is 0 Å². The SMILES string of the molecule is O=[N+]([O-])c1ccc(NC2CCN(C(=S)CCN3CCC(OCc4ccc(C(F)(F)F)cc4)CC3)CC2)cc1C(F)(F)F. The summed E-state index contributed by atoms with van der Waals surface area (Å²) in [5.74, 6) is 0. The Morgan fingerprint density at radius 3 is 2.17 bits per heavy atom. The van der Waals surface area contributed by atoms with Crippen LogP contribution < -0.4 is 5.32 Å². The minimum atomic E-state index is -4.83. The van der Waals surface area contributed by atoms with Crippen molar-refractivity contribution < 1.29 is 36.0 Å². The van der Waals surface area contributed by atoms with Crippen LogP contribution in [0.2, 0.25) is 0 Å². The lowest BCUT2D eigenvalue weighted by molar-refractivity contribution is -0.388. The molecule has 7 nitrogen and oxygen atoms in total. The molecule has 42 heavy (non-hydrogen) atoms. The number of nitro groups is 1. The molecule has 2 aliphatic rings. The fourth-order valence-corrected chi connectivity index (χ4v) is 5.51. The Bertz CT molecular complexity index is 1230. The molecule has 0 aliphatic carbocycles. The maximum Gasteiger partial charge on any atom is 0.423 e. The summed E-state index contributed by atoms with van der Waals surface area (Å²) in [5, 5.41) is 14.1. The number of nitrogens with zero attached hydrogens (tertiary/aromatic N) is 3. The van der Waals surface area contributed by atoms with Gasteiger partial charge >= 0.3 is 12.4 Å². The van der Waals surface area contributed by atoms with Crippen LogP contribution in [0.25, 0.3) is 0 Å². The van der Waals surface area contributed by atoms with E-state index in [4.69, 9.17) is 17.0 Å².